The minimum atomic E-state index is -0.406. The molecule has 130 valence electrons. The summed E-state index contributed by atoms with van der Waals surface area (Å²) in [6, 6.07) is 14.3. The molecule has 7 nitrogen and oxygen atoms in total. The van der Waals surface area contributed by atoms with E-state index in [2.05, 4.69) is 23.4 Å². The minimum absolute atomic E-state index is 0.0574. The van der Waals surface area contributed by atoms with E-state index < -0.39 is 4.92 Å². The number of non-ortho nitro benzene ring substituents is 1. The molecule has 4 aromatic rings. The summed E-state index contributed by atoms with van der Waals surface area (Å²) >= 11 is 0. The van der Waals surface area contributed by atoms with E-state index >= 15 is 0 Å². The van der Waals surface area contributed by atoms with Crippen LogP contribution in [0.4, 0.5) is 5.69 Å². The van der Waals surface area contributed by atoms with Gasteiger partial charge in [-0.2, -0.15) is 0 Å². The van der Waals surface area contributed by atoms with Crippen molar-refractivity contribution in [2.45, 2.75) is 26.3 Å². The molecule has 7 heteroatoms. The molecule has 0 spiro atoms. The number of imidazole rings is 1. The fourth-order valence-electron chi connectivity index (χ4n) is 3.01. The molecule has 1 atom stereocenters. The molecule has 2 aromatic carbocycles. The molecule has 2 heterocycles. The Balaban J connectivity index is 1.97. The van der Waals surface area contributed by atoms with Crippen LogP contribution >= 0.6 is 0 Å². The summed E-state index contributed by atoms with van der Waals surface area (Å²) in [5.41, 5.74) is 3.79. The maximum Gasteiger partial charge on any atom is 0.269 e. The Bertz CT molecular complexity index is 1120. The number of fused-ring (bicyclic) bond motifs is 2. The first-order valence-electron chi connectivity index (χ1n) is 8.48. The fraction of sp³-hybridized carbons (Fsp3) is 0.211. The van der Waals surface area contributed by atoms with Crippen LogP contribution in [0.1, 0.15) is 26.3 Å². The summed E-state index contributed by atoms with van der Waals surface area (Å²) in [4.78, 5) is 24.6. The average Bonchev–Trinajstić information content (AvgIpc) is 3.03. The quantitative estimate of drug-likeness (QED) is 0.400. The molecular formula is C19H17N5O2. The van der Waals surface area contributed by atoms with Crippen molar-refractivity contribution < 1.29 is 4.92 Å². The van der Waals surface area contributed by atoms with Gasteiger partial charge < -0.3 is 4.57 Å². The van der Waals surface area contributed by atoms with Crippen molar-refractivity contribution >= 4 is 28.0 Å². The van der Waals surface area contributed by atoms with Crippen molar-refractivity contribution in [3.05, 3.63) is 58.6 Å². The van der Waals surface area contributed by atoms with Gasteiger partial charge in [0.05, 0.1) is 16.0 Å². The molecule has 0 N–H and O–H groups in total. The summed E-state index contributed by atoms with van der Waals surface area (Å²) in [5, 5.41) is 10.9. The topological polar surface area (TPSA) is 86.7 Å². The van der Waals surface area contributed by atoms with Gasteiger partial charge in [0.25, 0.3) is 5.69 Å². The predicted molar refractivity (Wildman–Crippen MR) is 99.9 cm³/mol. The van der Waals surface area contributed by atoms with Crippen molar-refractivity contribution in [1.29, 1.82) is 0 Å². The molecule has 0 aliphatic carbocycles. The second-order valence-electron chi connectivity index (χ2n) is 6.23. The zero-order chi connectivity index (χ0) is 18.3. The fourth-order valence-corrected chi connectivity index (χ4v) is 3.01. The summed E-state index contributed by atoms with van der Waals surface area (Å²) in [7, 11) is 0. The number of para-hydroxylation sites is 2. The monoisotopic (exact) mass is 347 g/mol. The number of nitro benzene ring substituents is 1. The van der Waals surface area contributed by atoms with Gasteiger partial charge in [-0.3, -0.25) is 10.1 Å². The number of nitrogens with zero attached hydrogens (tertiary/aromatic N) is 5. The van der Waals surface area contributed by atoms with Gasteiger partial charge in [0.2, 0.25) is 0 Å². The second kappa shape index (κ2) is 6.18. The lowest BCUT2D eigenvalue weighted by molar-refractivity contribution is -0.384. The van der Waals surface area contributed by atoms with E-state index in [9.17, 15) is 10.1 Å². The highest BCUT2D eigenvalue weighted by Crippen LogP contribution is 2.30. The third-order valence-electron chi connectivity index (χ3n) is 4.57. The van der Waals surface area contributed by atoms with Crippen molar-refractivity contribution in [1.82, 2.24) is 19.5 Å². The number of hydrogen-bond acceptors (Lipinski definition) is 5. The van der Waals surface area contributed by atoms with Crippen molar-refractivity contribution in [2.75, 3.05) is 0 Å². The Hall–Kier alpha value is -3.35. The molecule has 0 radical (unpaired) electrons. The minimum Gasteiger partial charge on any atom is -0.304 e. The Labute approximate surface area is 149 Å². The smallest absolute Gasteiger partial charge is 0.269 e. The molecule has 0 saturated carbocycles. The number of nitro groups is 1. The van der Waals surface area contributed by atoms with Crippen LogP contribution in [0.25, 0.3) is 33.7 Å². The van der Waals surface area contributed by atoms with Crippen LogP contribution in [0.3, 0.4) is 0 Å². The van der Waals surface area contributed by atoms with Crippen molar-refractivity contribution in [2.24, 2.45) is 0 Å². The van der Waals surface area contributed by atoms with E-state index in [1.807, 2.05) is 24.3 Å². The number of hydrogen-bond donors (Lipinski definition) is 0. The molecular weight excluding hydrogens is 330 g/mol. The van der Waals surface area contributed by atoms with E-state index in [0.717, 1.165) is 34.5 Å². The Morgan fingerprint density at radius 3 is 2.31 bits per heavy atom. The van der Waals surface area contributed by atoms with Gasteiger partial charge in [0.1, 0.15) is 5.82 Å². The third-order valence-corrected chi connectivity index (χ3v) is 4.57. The van der Waals surface area contributed by atoms with Gasteiger partial charge in [-0.05, 0) is 37.6 Å². The van der Waals surface area contributed by atoms with E-state index in [-0.39, 0.29) is 11.7 Å². The summed E-state index contributed by atoms with van der Waals surface area (Å²) in [5.74, 6) is 0.722. The van der Waals surface area contributed by atoms with Gasteiger partial charge >= 0.3 is 0 Å². The first-order chi connectivity index (χ1) is 12.6. The molecule has 26 heavy (non-hydrogen) atoms. The lowest BCUT2D eigenvalue weighted by Gasteiger charge is -2.15. The van der Waals surface area contributed by atoms with Crippen molar-refractivity contribution in [3.8, 4) is 11.4 Å². The maximum atomic E-state index is 10.9. The van der Waals surface area contributed by atoms with Gasteiger partial charge in [0, 0.05) is 23.7 Å². The first-order valence-corrected chi connectivity index (χ1v) is 8.48. The highest BCUT2D eigenvalue weighted by atomic mass is 16.6. The largest absolute Gasteiger partial charge is 0.304 e. The van der Waals surface area contributed by atoms with Gasteiger partial charge in [-0.25, -0.2) is 15.0 Å². The molecule has 2 aromatic heterocycles. The second-order valence-corrected chi connectivity index (χ2v) is 6.23. The van der Waals surface area contributed by atoms with E-state index in [4.69, 9.17) is 9.97 Å². The molecule has 0 amide bonds. The Morgan fingerprint density at radius 1 is 1.04 bits per heavy atom. The average molecular weight is 347 g/mol. The van der Waals surface area contributed by atoms with Crippen LogP contribution < -0.4 is 0 Å². The van der Waals surface area contributed by atoms with Gasteiger partial charge in [-0.15, -0.1) is 0 Å². The lowest BCUT2D eigenvalue weighted by atomic mass is 10.1. The molecule has 0 aliphatic rings. The Kier molecular flexibility index (Phi) is 3.84. The molecule has 0 unspecified atom stereocenters. The highest BCUT2D eigenvalue weighted by Gasteiger charge is 2.19. The van der Waals surface area contributed by atoms with Crippen LogP contribution in [0, 0.1) is 10.1 Å². The van der Waals surface area contributed by atoms with E-state index in [1.165, 1.54) is 12.1 Å². The van der Waals surface area contributed by atoms with Crippen LogP contribution in [0.15, 0.2) is 48.5 Å². The number of aromatic nitrogens is 4. The summed E-state index contributed by atoms with van der Waals surface area (Å²) in [6.45, 7) is 4.21. The molecule has 0 bridgehead atoms. The standard InChI is InChI=1S/C19H17N5O2/c1-3-12(2)23-18(13-8-10-14(11-9-13)24(25)26)22-17-19(23)21-16-7-5-4-6-15(16)20-17/h4-12H,3H2,1-2H3/t12-/m0/s1. The Morgan fingerprint density at radius 2 is 1.69 bits per heavy atom. The van der Waals surface area contributed by atoms with Crippen LogP contribution in [-0.2, 0) is 0 Å². The van der Waals surface area contributed by atoms with Gasteiger partial charge in [-0.1, -0.05) is 19.1 Å². The number of rotatable bonds is 4. The van der Waals surface area contributed by atoms with Gasteiger partial charge in [0.15, 0.2) is 11.3 Å². The highest BCUT2D eigenvalue weighted by molar-refractivity contribution is 5.85. The summed E-state index contributed by atoms with van der Waals surface area (Å²) in [6.07, 6.45) is 0.903. The zero-order valence-electron chi connectivity index (χ0n) is 14.5. The zero-order valence-corrected chi connectivity index (χ0v) is 14.5. The first kappa shape index (κ1) is 16.1. The normalized spacial score (nSPS) is 12.5. The van der Waals surface area contributed by atoms with E-state index in [1.54, 1.807) is 12.1 Å². The van der Waals surface area contributed by atoms with Crippen LogP contribution in [0.5, 0.6) is 0 Å². The third kappa shape index (κ3) is 2.57. The number of benzene rings is 2. The molecule has 0 fully saturated rings. The SMILES string of the molecule is CC[C@H](C)n1c(-c2ccc([N+](=O)[O-])cc2)nc2nc3ccccc3nc21. The molecule has 0 saturated heterocycles. The summed E-state index contributed by atoms with van der Waals surface area (Å²) < 4.78 is 2.07. The molecule has 4 rings (SSSR count). The van der Waals surface area contributed by atoms with Crippen LogP contribution in [-0.4, -0.2) is 24.4 Å². The predicted octanol–water partition coefficient (Wildman–Crippen LogP) is 4.53. The van der Waals surface area contributed by atoms with Crippen LogP contribution in [0.2, 0.25) is 0 Å². The van der Waals surface area contributed by atoms with Crippen molar-refractivity contribution in [3.63, 3.8) is 0 Å². The maximum absolute atomic E-state index is 10.9. The van der Waals surface area contributed by atoms with E-state index in [0.29, 0.717) is 5.65 Å². The molecule has 0 aliphatic heterocycles. The lowest BCUT2D eigenvalue weighted by Crippen LogP contribution is -2.07.